The van der Waals surface area contributed by atoms with Gasteiger partial charge in [0.1, 0.15) is 11.2 Å². The van der Waals surface area contributed by atoms with Crippen LogP contribution in [-0.4, -0.2) is 60.0 Å². The zero-order valence-electron chi connectivity index (χ0n) is 19.6. The van der Waals surface area contributed by atoms with Crippen LogP contribution in [-0.2, 0) is 4.79 Å². The molecule has 2 saturated heterocycles. The smallest absolute Gasteiger partial charge is 0.261 e. The molecule has 0 N–H and O–H groups in total. The Bertz CT molecular complexity index is 1170. The maximum Gasteiger partial charge on any atom is 0.261 e. The predicted molar refractivity (Wildman–Crippen MR) is 145 cm³/mol. The summed E-state index contributed by atoms with van der Waals surface area (Å²) in [6, 6.07) is 24.0. The minimum Gasteiger partial charge on any atom is -0.354 e. The van der Waals surface area contributed by atoms with Gasteiger partial charge in [-0.05, 0) is 54.4 Å². The summed E-state index contributed by atoms with van der Waals surface area (Å²) in [7, 11) is 0. The van der Waals surface area contributed by atoms with Gasteiger partial charge in [0.2, 0.25) is 0 Å². The number of hydrogen-bond donors (Lipinski definition) is 0. The Kier molecular flexibility index (Phi) is 7.72. The van der Waals surface area contributed by atoms with E-state index in [-0.39, 0.29) is 11.3 Å². The second-order valence-corrected chi connectivity index (χ2v) is 10.4. The molecule has 0 spiro atoms. The van der Waals surface area contributed by atoms with Crippen LogP contribution in [0, 0.1) is 0 Å². The largest absolute Gasteiger partial charge is 0.354 e. The van der Waals surface area contributed by atoms with Gasteiger partial charge in [-0.25, -0.2) is 4.98 Å². The summed E-state index contributed by atoms with van der Waals surface area (Å²) in [6.45, 7) is 5.67. The third kappa shape index (κ3) is 5.89. The van der Waals surface area contributed by atoms with Crippen LogP contribution in [0.1, 0.15) is 22.9 Å². The molecule has 2 aliphatic rings. The number of halogens is 1. The summed E-state index contributed by atoms with van der Waals surface area (Å²) in [5.41, 5.74) is 2.11. The van der Waals surface area contributed by atoms with Gasteiger partial charge in [-0.1, -0.05) is 71.9 Å². The predicted octanol–water partition coefficient (Wildman–Crippen LogP) is 5.56. The minimum atomic E-state index is -0.0582. The number of hydrogen-bond acceptors (Lipinski definition) is 5. The highest BCUT2D eigenvalue weighted by Gasteiger charge is 2.37. The fourth-order valence-electron chi connectivity index (χ4n) is 4.61. The minimum absolute atomic E-state index is 0.0582. The van der Waals surface area contributed by atoms with Gasteiger partial charge in [-0.15, -0.1) is 0 Å². The summed E-state index contributed by atoms with van der Waals surface area (Å²) in [6.07, 6.45) is 4.79. The third-order valence-electron chi connectivity index (χ3n) is 6.44. The van der Waals surface area contributed by atoms with E-state index in [9.17, 15) is 4.79 Å². The molecule has 7 heteroatoms. The number of anilines is 1. The summed E-state index contributed by atoms with van der Waals surface area (Å²) in [4.78, 5) is 25.5. The monoisotopic (exact) mass is 504 g/mol. The number of rotatable bonds is 7. The van der Waals surface area contributed by atoms with E-state index < -0.39 is 0 Å². The highest BCUT2D eigenvalue weighted by Crippen LogP contribution is 2.46. The van der Waals surface area contributed by atoms with Crippen LogP contribution < -0.4 is 4.90 Å². The van der Waals surface area contributed by atoms with Crippen molar-refractivity contribution in [3.05, 3.63) is 100 Å². The number of aromatic nitrogens is 1. The van der Waals surface area contributed by atoms with Crippen LogP contribution in [0.25, 0.3) is 6.08 Å². The van der Waals surface area contributed by atoms with Gasteiger partial charge in [0.25, 0.3) is 5.91 Å². The SMILES string of the molecule is O=C1/C(=C/c2ccccc2)SC(c2cccc(Cl)c2)N1CCCN1CCN(c2ccccn2)CC1. The molecule has 3 aromatic rings. The Morgan fingerprint density at radius 3 is 2.49 bits per heavy atom. The normalized spacial score (nSPS) is 20.1. The molecular formula is C28H29ClN4OS. The van der Waals surface area contributed by atoms with Gasteiger partial charge in [0, 0.05) is 43.9 Å². The van der Waals surface area contributed by atoms with Gasteiger partial charge < -0.3 is 9.80 Å². The zero-order chi connectivity index (χ0) is 24.0. The summed E-state index contributed by atoms with van der Waals surface area (Å²) in [5, 5.41) is 0.638. The standard InChI is InChI=1S/C28H29ClN4OS/c29-24-11-6-10-23(21-24)28-33(27(34)25(35-28)20-22-8-2-1-3-9-22)15-7-14-31-16-18-32(19-17-31)26-12-4-5-13-30-26/h1-6,8-13,20-21,28H,7,14-19H2/b25-20-. The summed E-state index contributed by atoms with van der Waals surface area (Å²) < 4.78 is 0. The Morgan fingerprint density at radius 2 is 1.74 bits per heavy atom. The summed E-state index contributed by atoms with van der Waals surface area (Å²) >= 11 is 7.91. The molecular weight excluding hydrogens is 476 g/mol. The van der Waals surface area contributed by atoms with Gasteiger partial charge in [-0.3, -0.25) is 9.69 Å². The van der Waals surface area contributed by atoms with Gasteiger partial charge in [0.15, 0.2) is 0 Å². The molecule has 2 aromatic carbocycles. The summed E-state index contributed by atoms with van der Waals surface area (Å²) in [5.74, 6) is 1.15. The Labute approximate surface area is 216 Å². The van der Waals surface area contributed by atoms with E-state index >= 15 is 0 Å². The first-order chi connectivity index (χ1) is 17.2. The Hall–Kier alpha value is -2.80. The quantitative estimate of drug-likeness (QED) is 0.394. The van der Waals surface area contributed by atoms with E-state index in [1.54, 1.807) is 11.8 Å². The first-order valence-electron chi connectivity index (χ1n) is 12.1. The average Bonchev–Trinajstić information content (AvgIpc) is 3.20. The molecule has 0 bridgehead atoms. The highest BCUT2D eigenvalue weighted by atomic mass is 35.5. The number of piperazine rings is 1. The maximum absolute atomic E-state index is 13.4. The van der Waals surface area contributed by atoms with Gasteiger partial charge >= 0.3 is 0 Å². The molecule has 3 heterocycles. The second kappa shape index (κ2) is 11.3. The lowest BCUT2D eigenvalue weighted by Crippen LogP contribution is -2.47. The molecule has 0 aliphatic carbocycles. The van der Waals surface area contributed by atoms with Crippen molar-refractivity contribution in [2.45, 2.75) is 11.8 Å². The van der Waals surface area contributed by atoms with Crippen LogP contribution in [0.5, 0.6) is 0 Å². The van der Waals surface area contributed by atoms with E-state index in [0.717, 1.165) is 67.5 Å². The molecule has 1 unspecified atom stereocenters. The number of pyridine rings is 1. The molecule has 35 heavy (non-hydrogen) atoms. The van der Waals surface area contributed by atoms with Crippen LogP contribution in [0.3, 0.4) is 0 Å². The first kappa shape index (κ1) is 23.9. The number of benzene rings is 2. The number of carbonyl (C=O) groups is 1. The van der Waals surface area contributed by atoms with Crippen LogP contribution >= 0.6 is 23.4 Å². The Balaban J connectivity index is 1.23. The van der Waals surface area contributed by atoms with Crippen LogP contribution in [0.2, 0.25) is 5.02 Å². The van der Waals surface area contributed by atoms with E-state index in [1.807, 2.05) is 77.8 Å². The molecule has 1 atom stereocenters. The van der Waals surface area contributed by atoms with Crippen molar-refractivity contribution in [2.75, 3.05) is 44.2 Å². The number of thioether (sulfide) groups is 1. The van der Waals surface area contributed by atoms with Crippen molar-refractivity contribution >= 4 is 41.2 Å². The van der Waals surface area contributed by atoms with Crippen LogP contribution in [0.4, 0.5) is 5.82 Å². The number of nitrogens with zero attached hydrogens (tertiary/aromatic N) is 4. The van der Waals surface area contributed by atoms with E-state index in [1.165, 1.54) is 0 Å². The van der Waals surface area contributed by atoms with Gasteiger partial charge in [0.05, 0.1) is 4.91 Å². The lowest BCUT2D eigenvalue weighted by Gasteiger charge is -2.35. The molecule has 5 nitrogen and oxygen atoms in total. The molecule has 180 valence electrons. The third-order valence-corrected chi connectivity index (χ3v) is 7.97. The number of amides is 1. The Morgan fingerprint density at radius 1 is 0.943 bits per heavy atom. The lowest BCUT2D eigenvalue weighted by atomic mass is 10.2. The second-order valence-electron chi connectivity index (χ2n) is 8.81. The van der Waals surface area contributed by atoms with E-state index in [0.29, 0.717) is 5.02 Å². The highest BCUT2D eigenvalue weighted by molar-refractivity contribution is 8.04. The van der Waals surface area contributed by atoms with Crippen molar-refractivity contribution in [1.82, 2.24) is 14.8 Å². The average molecular weight is 505 g/mol. The molecule has 5 rings (SSSR count). The zero-order valence-corrected chi connectivity index (χ0v) is 21.2. The fraction of sp³-hybridized carbons (Fsp3) is 0.286. The van der Waals surface area contributed by atoms with Crippen molar-refractivity contribution in [1.29, 1.82) is 0 Å². The first-order valence-corrected chi connectivity index (χ1v) is 13.3. The van der Waals surface area contributed by atoms with Crippen molar-refractivity contribution in [2.24, 2.45) is 0 Å². The number of carbonyl (C=O) groups excluding carboxylic acids is 1. The molecule has 2 fully saturated rings. The maximum atomic E-state index is 13.4. The molecule has 2 aliphatic heterocycles. The van der Waals surface area contributed by atoms with Crippen molar-refractivity contribution in [3.8, 4) is 0 Å². The van der Waals surface area contributed by atoms with Gasteiger partial charge in [-0.2, -0.15) is 0 Å². The molecule has 0 saturated carbocycles. The van der Waals surface area contributed by atoms with Crippen molar-refractivity contribution in [3.63, 3.8) is 0 Å². The lowest BCUT2D eigenvalue weighted by molar-refractivity contribution is -0.126. The fourth-order valence-corrected chi connectivity index (χ4v) is 6.08. The molecule has 1 amide bonds. The molecule has 0 radical (unpaired) electrons. The van der Waals surface area contributed by atoms with Crippen LogP contribution in [0.15, 0.2) is 83.9 Å². The van der Waals surface area contributed by atoms with E-state index in [4.69, 9.17) is 11.6 Å². The van der Waals surface area contributed by atoms with E-state index in [2.05, 4.69) is 26.9 Å². The topological polar surface area (TPSA) is 39.7 Å². The molecule has 1 aromatic heterocycles. The van der Waals surface area contributed by atoms with Crippen molar-refractivity contribution < 1.29 is 4.79 Å².